The van der Waals surface area contributed by atoms with Crippen molar-refractivity contribution in [2.75, 3.05) is 11.9 Å². The predicted molar refractivity (Wildman–Crippen MR) is 55.5 cm³/mol. The van der Waals surface area contributed by atoms with Crippen molar-refractivity contribution in [3.05, 3.63) is 11.1 Å². The molecule has 3 heteroatoms. The normalized spacial score (nSPS) is 15.1. The Morgan fingerprint density at radius 3 is 2.82 bits per heavy atom. The van der Waals surface area contributed by atoms with E-state index in [9.17, 15) is 0 Å². The molecule has 0 rings (SSSR count). The molecule has 0 radical (unpaired) electrons. The quantitative estimate of drug-likeness (QED) is 0.729. The fourth-order valence-electron chi connectivity index (χ4n) is 0.640. The Hall–Kier alpha value is 0.470. The average molecular weight is 241 g/mol. The topological polar surface area (TPSA) is 12.0 Å². The van der Waals surface area contributed by atoms with Gasteiger partial charge in [0.1, 0.15) is 0 Å². The summed E-state index contributed by atoms with van der Waals surface area (Å²) in [6.07, 6.45) is 1.15. The maximum absolute atomic E-state index is 5.50. The number of nitrogens with one attached hydrogen (secondary N) is 1. The molecule has 66 valence electrons. The van der Waals surface area contributed by atoms with Gasteiger partial charge in [0.15, 0.2) is 0 Å². The van der Waals surface area contributed by atoms with Crippen LogP contribution in [-0.2, 0) is 0 Å². The van der Waals surface area contributed by atoms with Gasteiger partial charge in [0.2, 0.25) is 0 Å². The van der Waals surface area contributed by atoms with Gasteiger partial charge in [0.25, 0.3) is 0 Å². The molecule has 0 aliphatic heterocycles. The zero-order chi connectivity index (χ0) is 8.69. The smallest absolute Gasteiger partial charge is 0.0176 e. The van der Waals surface area contributed by atoms with Gasteiger partial charge in [-0.05, 0) is 25.8 Å². The molecule has 1 nitrogen and oxygen atoms in total. The van der Waals surface area contributed by atoms with E-state index in [1.165, 1.54) is 5.57 Å². The molecular weight excluding hydrogens is 225 g/mol. The third-order valence-electron chi connectivity index (χ3n) is 1.46. The molecule has 0 aromatic carbocycles. The Morgan fingerprint density at radius 1 is 1.73 bits per heavy atom. The van der Waals surface area contributed by atoms with Crippen molar-refractivity contribution in [2.45, 2.75) is 26.3 Å². The van der Waals surface area contributed by atoms with Crippen LogP contribution in [0.4, 0.5) is 0 Å². The molecule has 11 heavy (non-hydrogen) atoms. The highest BCUT2D eigenvalue weighted by Gasteiger charge is 1.98. The summed E-state index contributed by atoms with van der Waals surface area (Å²) in [5, 5.41) is 4.40. The van der Waals surface area contributed by atoms with Gasteiger partial charge >= 0.3 is 0 Å². The third kappa shape index (κ3) is 6.85. The van der Waals surface area contributed by atoms with E-state index in [2.05, 4.69) is 28.2 Å². The van der Waals surface area contributed by atoms with Crippen LogP contribution in [0.5, 0.6) is 0 Å². The van der Waals surface area contributed by atoms with Crippen LogP contribution in [0, 0.1) is 0 Å². The lowest BCUT2D eigenvalue weighted by Crippen LogP contribution is -2.27. The lowest BCUT2D eigenvalue weighted by molar-refractivity contribution is 0.565. The maximum atomic E-state index is 5.50. The van der Waals surface area contributed by atoms with Crippen LogP contribution >= 0.6 is 27.5 Å². The van der Waals surface area contributed by atoms with Gasteiger partial charge in [-0.3, -0.25) is 0 Å². The van der Waals surface area contributed by atoms with Gasteiger partial charge in [-0.15, -0.1) is 0 Å². The van der Waals surface area contributed by atoms with Crippen LogP contribution in [0.3, 0.4) is 0 Å². The molecule has 0 heterocycles. The summed E-state index contributed by atoms with van der Waals surface area (Å²) in [6, 6.07) is 0.556. The van der Waals surface area contributed by atoms with Crippen molar-refractivity contribution >= 4 is 27.5 Å². The summed E-state index contributed by atoms with van der Waals surface area (Å²) >= 11 is 8.89. The number of hydrogen-bond donors (Lipinski definition) is 1. The summed E-state index contributed by atoms with van der Waals surface area (Å²) < 4.78 is 0. The first-order chi connectivity index (χ1) is 5.20. The molecule has 0 spiro atoms. The fourth-order valence-corrected chi connectivity index (χ4v) is 1.40. The molecule has 0 saturated carbocycles. The van der Waals surface area contributed by atoms with Crippen molar-refractivity contribution in [1.82, 2.24) is 5.32 Å². The Morgan fingerprint density at radius 2 is 2.36 bits per heavy atom. The highest BCUT2D eigenvalue weighted by molar-refractivity contribution is 9.09. The van der Waals surface area contributed by atoms with Gasteiger partial charge in [-0.1, -0.05) is 27.5 Å². The summed E-state index contributed by atoms with van der Waals surface area (Å²) in [4.78, 5) is 0. The first kappa shape index (κ1) is 11.5. The molecule has 0 aliphatic carbocycles. The first-order valence-corrected chi connectivity index (χ1v) is 5.31. The molecule has 0 bridgehead atoms. The lowest BCUT2D eigenvalue weighted by atomic mass is 10.2. The van der Waals surface area contributed by atoms with Gasteiger partial charge in [-0.25, -0.2) is 0 Å². The molecule has 1 N–H and O–H groups in total. The van der Waals surface area contributed by atoms with Gasteiger partial charge in [0.05, 0.1) is 0 Å². The molecule has 0 fully saturated rings. The maximum Gasteiger partial charge on any atom is 0.0176 e. The van der Waals surface area contributed by atoms with Crippen molar-refractivity contribution in [2.24, 2.45) is 0 Å². The van der Waals surface area contributed by atoms with Crippen LogP contribution in [0.25, 0.3) is 0 Å². The summed E-state index contributed by atoms with van der Waals surface area (Å²) in [7, 11) is 0. The number of hydrogen-bond acceptors (Lipinski definition) is 1. The van der Waals surface area contributed by atoms with Gasteiger partial charge in [-0.2, -0.15) is 0 Å². The standard InChI is InChI=1S/C8H15BrClN/c1-7(5-10)6-11-8(2)3-4-9/h5,8,11H,3-4,6H2,1-2H3. The number of rotatable bonds is 5. The second-order valence-electron chi connectivity index (χ2n) is 2.72. The highest BCUT2D eigenvalue weighted by Crippen LogP contribution is 1.97. The zero-order valence-corrected chi connectivity index (χ0v) is 9.37. The average Bonchev–Trinajstić information content (AvgIpc) is 2.01. The molecule has 0 aromatic rings. The zero-order valence-electron chi connectivity index (χ0n) is 7.03. The van der Waals surface area contributed by atoms with Crippen molar-refractivity contribution in [1.29, 1.82) is 0 Å². The largest absolute Gasteiger partial charge is 0.310 e. The summed E-state index contributed by atoms with van der Waals surface area (Å²) in [6.45, 7) is 5.07. The van der Waals surface area contributed by atoms with Crippen molar-refractivity contribution < 1.29 is 0 Å². The lowest BCUT2D eigenvalue weighted by Gasteiger charge is -2.11. The predicted octanol–water partition coefficient (Wildman–Crippen LogP) is 2.89. The van der Waals surface area contributed by atoms with Gasteiger partial charge < -0.3 is 5.32 Å². The second-order valence-corrected chi connectivity index (χ2v) is 3.73. The molecule has 0 amide bonds. The SMILES string of the molecule is CC(=CCl)CNC(C)CCBr. The van der Waals surface area contributed by atoms with Gasteiger partial charge in [0, 0.05) is 23.5 Å². The Bertz CT molecular complexity index is 125. The number of alkyl halides is 1. The van der Waals surface area contributed by atoms with Crippen LogP contribution in [0.2, 0.25) is 0 Å². The van der Waals surface area contributed by atoms with E-state index in [0.29, 0.717) is 6.04 Å². The molecule has 0 aliphatic rings. The van der Waals surface area contributed by atoms with Crippen LogP contribution in [0.15, 0.2) is 11.1 Å². The second kappa shape index (κ2) is 7.14. The van der Waals surface area contributed by atoms with Crippen LogP contribution in [0.1, 0.15) is 20.3 Å². The minimum atomic E-state index is 0.556. The Balaban J connectivity index is 3.37. The van der Waals surface area contributed by atoms with E-state index in [-0.39, 0.29) is 0 Å². The molecular formula is C8H15BrClN. The monoisotopic (exact) mass is 239 g/mol. The minimum absolute atomic E-state index is 0.556. The third-order valence-corrected chi connectivity index (χ3v) is 2.29. The Labute approximate surface area is 82.3 Å². The van der Waals surface area contributed by atoms with Crippen LogP contribution < -0.4 is 5.32 Å². The van der Waals surface area contributed by atoms with E-state index in [1.54, 1.807) is 5.54 Å². The molecule has 1 atom stereocenters. The van der Waals surface area contributed by atoms with E-state index < -0.39 is 0 Å². The molecule has 1 unspecified atom stereocenters. The summed E-state index contributed by atoms with van der Waals surface area (Å²) in [5.41, 5.74) is 2.79. The minimum Gasteiger partial charge on any atom is -0.310 e. The number of halogens is 2. The highest BCUT2D eigenvalue weighted by atomic mass is 79.9. The van der Waals surface area contributed by atoms with E-state index in [0.717, 1.165) is 18.3 Å². The Kier molecular flexibility index (Phi) is 7.44. The van der Waals surface area contributed by atoms with Crippen molar-refractivity contribution in [3.63, 3.8) is 0 Å². The summed E-state index contributed by atoms with van der Waals surface area (Å²) in [5.74, 6) is 0. The molecule has 0 saturated heterocycles. The molecule has 0 aromatic heterocycles. The first-order valence-electron chi connectivity index (χ1n) is 3.76. The fraction of sp³-hybridized carbons (Fsp3) is 0.750. The van der Waals surface area contributed by atoms with E-state index in [4.69, 9.17) is 11.6 Å². The van der Waals surface area contributed by atoms with Crippen LogP contribution in [-0.4, -0.2) is 17.9 Å². The van der Waals surface area contributed by atoms with Crippen molar-refractivity contribution in [3.8, 4) is 0 Å². The van der Waals surface area contributed by atoms with E-state index in [1.807, 2.05) is 6.92 Å². The van der Waals surface area contributed by atoms with E-state index >= 15 is 0 Å².